The highest BCUT2D eigenvalue weighted by Crippen LogP contribution is 2.18. The highest BCUT2D eigenvalue weighted by atomic mass is 16.2. The molecule has 0 aromatic rings. The second kappa shape index (κ2) is 5.44. The maximum absolute atomic E-state index is 11.5. The van der Waals surface area contributed by atoms with Gasteiger partial charge >= 0.3 is 0 Å². The van der Waals surface area contributed by atoms with Crippen LogP contribution in [-0.2, 0) is 4.79 Å². The Balaban J connectivity index is 2.28. The van der Waals surface area contributed by atoms with Gasteiger partial charge in [0.2, 0.25) is 0 Å². The maximum atomic E-state index is 11.5. The van der Waals surface area contributed by atoms with E-state index in [1.54, 1.807) is 19.1 Å². The number of nitrogens with one attached hydrogen (secondary N) is 1. The van der Waals surface area contributed by atoms with Crippen molar-refractivity contribution >= 4 is 5.91 Å². The number of hydrazine groups is 1. The molecule has 1 fully saturated rings. The topological polar surface area (TPSA) is 61.6 Å². The molecule has 1 aliphatic rings. The van der Waals surface area contributed by atoms with E-state index in [4.69, 9.17) is 5.73 Å². The largest absolute Gasteiger partial charge is 0.320 e. The van der Waals surface area contributed by atoms with Crippen molar-refractivity contribution in [3.8, 4) is 0 Å². The molecule has 0 aliphatic carbocycles. The molecule has 0 saturated carbocycles. The number of hydrogen-bond donors (Lipinski definition) is 2. The molecule has 5 nitrogen and oxygen atoms in total. The van der Waals surface area contributed by atoms with Gasteiger partial charge in [0.1, 0.15) is 0 Å². The molecule has 1 saturated heterocycles. The van der Waals surface area contributed by atoms with E-state index in [1.807, 2.05) is 0 Å². The van der Waals surface area contributed by atoms with Crippen LogP contribution in [0.15, 0.2) is 0 Å². The highest BCUT2D eigenvalue weighted by Gasteiger charge is 2.24. The number of hydrogen-bond acceptors (Lipinski definition) is 4. The van der Waals surface area contributed by atoms with Crippen molar-refractivity contribution < 1.29 is 4.79 Å². The third kappa shape index (κ3) is 4.15. The van der Waals surface area contributed by atoms with Gasteiger partial charge in [0.05, 0.1) is 6.04 Å². The summed E-state index contributed by atoms with van der Waals surface area (Å²) in [5, 5.41) is 1.63. The average molecular weight is 214 g/mol. The lowest BCUT2D eigenvalue weighted by Gasteiger charge is -2.19. The molecule has 3 N–H and O–H groups in total. The SMILES string of the molecule is CN1CCC(CC(N)C(=O)NN(C)C)C1. The number of rotatable bonds is 4. The second-order valence-corrected chi connectivity index (χ2v) is 4.63. The van der Waals surface area contributed by atoms with E-state index < -0.39 is 0 Å². The van der Waals surface area contributed by atoms with E-state index >= 15 is 0 Å². The molecule has 0 aromatic heterocycles. The molecule has 0 radical (unpaired) electrons. The Morgan fingerprint density at radius 1 is 1.67 bits per heavy atom. The molecule has 1 amide bonds. The first-order valence-electron chi connectivity index (χ1n) is 5.41. The molecule has 1 heterocycles. The molecule has 1 aliphatic heterocycles. The van der Waals surface area contributed by atoms with E-state index in [9.17, 15) is 4.79 Å². The second-order valence-electron chi connectivity index (χ2n) is 4.63. The number of amides is 1. The minimum Gasteiger partial charge on any atom is -0.320 e. The molecule has 0 aromatic carbocycles. The van der Waals surface area contributed by atoms with Crippen LogP contribution in [0.5, 0.6) is 0 Å². The summed E-state index contributed by atoms with van der Waals surface area (Å²) in [6, 6.07) is -0.385. The fraction of sp³-hybridized carbons (Fsp3) is 0.900. The van der Waals surface area contributed by atoms with Crippen LogP contribution < -0.4 is 11.2 Å². The van der Waals surface area contributed by atoms with Crippen molar-refractivity contribution in [3.05, 3.63) is 0 Å². The molecular weight excluding hydrogens is 192 g/mol. The van der Waals surface area contributed by atoms with E-state index in [2.05, 4.69) is 17.4 Å². The Hall–Kier alpha value is -0.650. The van der Waals surface area contributed by atoms with Crippen LogP contribution in [-0.4, -0.2) is 56.1 Å². The van der Waals surface area contributed by atoms with Gasteiger partial charge in [-0.1, -0.05) is 0 Å². The van der Waals surface area contributed by atoms with Gasteiger partial charge in [-0.3, -0.25) is 10.2 Å². The molecule has 0 bridgehead atoms. The van der Waals surface area contributed by atoms with Crippen molar-refractivity contribution in [2.75, 3.05) is 34.2 Å². The van der Waals surface area contributed by atoms with Crippen molar-refractivity contribution in [1.29, 1.82) is 0 Å². The van der Waals surface area contributed by atoms with Crippen LogP contribution in [0.3, 0.4) is 0 Å². The van der Waals surface area contributed by atoms with Crippen LogP contribution in [0.25, 0.3) is 0 Å². The van der Waals surface area contributed by atoms with Gasteiger partial charge in [-0.15, -0.1) is 0 Å². The van der Waals surface area contributed by atoms with Crippen molar-refractivity contribution in [3.63, 3.8) is 0 Å². The number of likely N-dealkylation sites (tertiary alicyclic amines) is 1. The number of carbonyl (C=O) groups excluding carboxylic acids is 1. The van der Waals surface area contributed by atoms with E-state index in [-0.39, 0.29) is 11.9 Å². The molecule has 88 valence electrons. The predicted molar refractivity (Wildman–Crippen MR) is 60.0 cm³/mol. The van der Waals surface area contributed by atoms with Gasteiger partial charge in [0.15, 0.2) is 0 Å². The fourth-order valence-electron chi connectivity index (χ4n) is 1.99. The number of carbonyl (C=O) groups is 1. The summed E-state index contributed by atoms with van der Waals surface area (Å²) in [5.74, 6) is 0.479. The van der Waals surface area contributed by atoms with Crippen LogP contribution in [0.2, 0.25) is 0 Å². The number of nitrogens with two attached hydrogens (primary N) is 1. The van der Waals surface area contributed by atoms with Crippen molar-refractivity contribution in [2.45, 2.75) is 18.9 Å². The molecule has 15 heavy (non-hydrogen) atoms. The van der Waals surface area contributed by atoms with Gasteiger partial charge < -0.3 is 10.6 Å². The highest BCUT2D eigenvalue weighted by molar-refractivity contribution is 5.80. The summed E-state index contributed by atoms with van der Waals surface area (Å²) in [6.07, 6.45) is 1.93. The third-order valence-electron chi connectivity index (χ3n) is 2.75. The van der Waals surface area contributed by atoms with Gasteiger partial charge in [-0.2, -0.15) is 0 Å². The monoisotopic (exact) mass is 214 g/mol. The summed E-state index contributed by atoms with van der Waals surface area (Å²) in [5.41, 5.74) is 8.52. The Bertz CT molecular complexity index is 219. The van der Waals surface area contributed by atoms with Crippen molar-refractivity contribution in [2.24, 2.45) is 11.7 Å². The molecule has 1 rings (SSSR count). The Labute approximate surface area is 91.6 Å². The van der Waals surface area contributed by atoms with Crippen LogP contribution in [0, 0.1) is 5.92 Å². The zero-order valence-electron chi connectivity index (χ0n) is 9.86. The van der Waals surface area contributed by atoms with Crippen LogP contribution in [0.1, 0.15) is 12.8 Å². The zero-order chi connectivity index (χ0) is 11.4. The third-order valence-corrected chi connectivity index (χ3v) is 2.75. The summed E-state index contributed by atoms with van der Waals surface area (Å²) < 4.78 is 0. The number of nitrogens with zero attached hydrogens (tertiary/aromatic N) is 2. The van der Waals surface area contributed by atoms with Crippen molar-refractivity contribution in [1.82, 2.24) is 15.3 Å². The molecular formula is C10H22N4O. The molecule has 2 atom stereocenters. The Kier molecular flexibility index (Phi) is 4.50. The smallest absolute Gasteiger partial charge is 0.251 e. The van der Waals surface area contributed by atoms with E-state index in [1.165, 1.54) is 0 Å². The molecule has 0 spiro atoms. The zero-order valence-corrected chi connectivity index (χ0v) is 9.86. The Morgan fingerprint density at radius 3 is 2.80 bits per heavy atom. The minimum atomic E-state index is -0.385. The summed E-state index contributed by atoms with van der Waals surface area (Å²) in [7, 11) is 5.67. The Morgan fingerprint density at radius 2 is 2.33 bits per heavy atom. The van der Waals surface area contributed by atoms with Gasteiger partial charge in [0, 0.05) is 20.6 Å². The lowest BCUT2D eigenvalue weighted by atomic mass is 9.99. The predicted octanol–water partition coefficient (Wildman–Crippen LogP) is -0.752. The fourth-order valence-corrected chi connectivity index (χ4v) is 1.99. The summed E-state index contributed by atoms with van der Waals surface area (Å²) >= 11 is 0. The van der Waals surface area contributed by atoms with E-state index in [0.29, 0.717) is 5.92 Å². The molecule has 5 heteroatoms. The lowest BCUT2D eigenvalue weighted by molar-refractivity contribution is -0.126. The first-order chi connectivity index (χ1) is 6.99. The summed E-state index contributed by atoms with van der Waals surface area (Å²) in [6.45, 7) is 2.18. The van der Waals surface area contributed by atoms with Crippen LogP contribution in [0.4, 0.5) is 0 Å². The van der Waals surface area contributed by atoms with E-state index in [0.717, 1.165) is 25.9 Å². The first kappa shape index (κ1) is 12.4. The minimum absolute atomic E-state index is 0.0884. The quantitative estimate of drug-likeness (QED) is 0.604. The first-order valence-corrected chi connectivity index (χ1v) is 5.41. The van der Waals surface area contributed by atoms with Gasteiger partial charge in [0.25, 0.3) is 5.91 Å². The standard InChI is InChI=1S/C10H22N4O/c1-13(2)12-10(15)9(11)6-8-4-5-14(3)7-8/h8-9H,4-7,11H2,1-3H3,(H,12,15). The lowest BCUT2D eigenvalue weighted by Crippen LogP contribution is -2.47. The van der Waals surface area contributed by atoms with Crippen LogP contribution >= 0.6 is 0 Å². The average Bonchev–Trinajstić information content (AvgIpc) is 2.50. The maximum Gasteiger partial charge on any atom is 0.251 e. The van der Waals surface area contributed by atoms with Gasteiger partial charge in [-0.25, -0.2) is 5.01 Å². The summed E-state index contributed by atoms with van der Waals surface area (Å²) in [4.78, 5) is 13.8. The normalized spacial score (nSPS) is 24.5. The van der Waals surface area contributed by atoms with Gasteiger partial charge in [-0.05, 0) is 32.4 Å². The molecule has 2 unspecified atom stereocenters.